The van der Waals surface area contributed by atoms with Crippen molar-refractivity contribution in [2.24, 2.45) is 0 Å². The highest BCUT2D eigenvalue weighted by atomic mass is 127. The van der Waals surface area contributed by atoms with Crippen molar-refractivity contribution in [2.75, 3.05) is 53.7 Å². The number of halogens is 1. The number of nitrogens with one attached hydrogen (secondary N) is 1. The maximum atomic E-state index is 13.0. The lowest BCUT2D eigenvalue weighted by Gasteiger charge is -2.40. The maximum absolute atomic E-state index is 13.0. The second-order valence-corrected chi connectivity index (χ2v) is 9.52. The zero-order valence-electron chi connectivity index (χ0n) is 21.4. The molecule has 2 amide bonds. The molecule has 12 heteroatoms. The van der Waals surface area contributed by atoms with Crippen LogP contribution in [0.25, 0.3) is 0 Å². The molecule has 11 nitrogen and oxygen atoms in total. The first-order valence-electron chi connectivity index (χ1n) is 12.1. The van der Waals surface area contributed by atoms with Gasteiger partial charge >= 0.3 is 0 Å². The van der Waals surface area contributed by atoms with Crippen molar-refractivity contribution in [3.8, 4) is 11.5 Å². The number of nitrogens with zero attached hydrogens (tertiary/aromatic N) is 1. The van der Waals surface area contributed by atoms with Gasteiger partial charge in [0.05, 0.1) is 29.9 Å². The van der Waals surface area contributed by atoms with Gasteiger partial charge in [-0.25, -0.2) is 0 Å². The van der Waals surface area contributed by atoms with Crippen LogP contribution in [0.2, 0.25) is 0 Å². The van der Waals surface area contributed by atoms with Gasteiger partial charge < -0.3 is 44.5 Å². The minimum absolute atomic E-state index is 0.0595. The second kappa shape index (κ2) is 16.1. The number of amides is 2. The standard InChI is InChI=1S/C25H37IN2O9/c1-4-36-9-5-7-28(22(31)15-34-2)19-12-17(25(33)27-6-8-29)13-20(23(19)32)37-24-18(26)10-16(14-30)11-21(24)35-3/h10-11,13,19-20,23,29-30,32H,4-9,12,14-15H2,1-3H3,(H,27,33). The van der Waals surface area contributed by atoms with Gasteiger partial charge in [-0.05, 0) is 59.7 Å². The van der Waals surface area contributed by atoms with Crippen LogP contribution in [0.1, 0.15) is 25.3 Å². The van der Waals surface area contributed by atoms with E-state index in [-0.39, 0.29) is 45.2 Å². The van der Waals surface area contributed by atoms with Crippen LogP contribution in [0.3, 0.4) is 0 Å². The Hall–Kier alpha value is -1.97. The first-order chi connectivity index (χ1) is 17.8. The molecule has 3 atom stereocenters. The number of hydrogen-bond donors (Lipinski definition) is 4. The Morgan fingerprint density at radius 3 is 2.62 bits per heavy atom. The van der Waals surface area contributed by atoms with Crippen LogP contribution in [-0.2, 0) is 25.7 Å². The van der Waals surface area contributed by atoms with Crippen LogP contribution in [0, 0.1) is 3.57 Å². The fraction of sp³-hybridized carbons (Fsp3) is 0.600. The molecule has 0 heterocycles. The molecule has 1 aliphatic rings. The molecule has 3 unspecified atom stereocenters. The highest BCUT2D eigenvalue weighted by Gasteiger charge is 2.40. The Bertz CT molecular complexity index is 928. The third kappa shape index (κ3) is 8.79. The smallest absolute Gasteiger partial charge is 0.248 e. The van der Waals surface area contributed by atoms with E-state index in [4.69, 9.17) is 24.1 Å². The summed E-state index contributed by atoms with van der Waals surface area (Å²) < 4.78 is 22.8. The number of hydrogen-bond acceptors (Lipinski definition) is 9. The summed E-state index contributed by atoms with van der Waals surface area (Å²) in [5.41, 5.74) is 0.940. The highest BCUT2D eigenvalue weighted by Crippen LogP contribution is 2.37. The Labute approximate surface area is 230 Å². The first-order valence-corrected chi connectivity index (χ1v) is 13.2. The third-order valence-corrected chi connectivity index (χ3v) is 6.62. The van der Waals surface area contributed by atoms with Gasteiger partial charge in [-0.15, -0.1) is 0 Å². The van der Waals surface area contributed by atoms with Crippen LogP contribution >= 0.6 is 22.6 Å². The number of aliphatic hydroxyl groups is 3. The molecule has 0 fully saturated rings. The van der Waals surface area contributed by atoms with Crippen molar-refractivity contribution in [2.45, 2.75) is 44.6 Å². The molecule has 208 valence electrons. The summed E-state index contributed by atoms with van der Waals surface area (Å²) in [6, 6.07) is 2.58. The largest absolute Gasteiger partial charge is 0.493 e. The summed E-state index contributed by atoms with van der Waals surface area (Å²) in [6.45, 7) is 2.60. The molecule has 0 spiro atoms. The van der Waals surface area contributed by atoms with Crippen LogP contribution in [-0.4, -0.2) is 104 Å². The average molecular weight is 636 g/mol. The number of methoxy groups -OCH3 is 2. The van der Waals surface area contributed by atoms with Crippen molar-refractivity contribution in [3.05, 3.63) is 32.9 Å². The zero-order chi connectivity index (χ0) is 27.4. The van der Waals surface area contributed by atoms with E-state index in [0.29, 0.717) is 45.8 Å². The molecule has 0 radical (unpaired) electrons. The summed E-state index contributed by atoms with van der Waals surface area (Å²) in [4.78, 5) is 27.4. The summed E-state index contributed by atoms with van der Waals surface area (Å²) in [5, 5.41) is 32.7. The van der Waals surface area contributed by atoms with Gasteiger partial charge in [0.25, 0.3) is 0 Å². The number of carbonyl (C=O) groups is 2. The van der Waals surface area contributed by atoms with E-state index >= 15 is 0 Å². The van der Waals surface area contributed by atoms with E-state index in [1.165, 1.54) is 25.2 Å². The van der Waals surface area contributed by atoms with Gasteiger partial charge in [-0.2, -0.15) is 0 Å². The lowest BCUT2D eigenvalue weighted by atomic mass is 9.88. The van der Waals surface area contributed by atoms with Crippen molar-refractivity contribution >= 4 is 34.4 Å². The van der Waals surface area contributed by atoms with Crippen LogP contribution < -0.4 is 14.8 Å². The molecule has 37 heavy (non-hydrogen) atoms. The first kappa shape index (κ1) is 31.2. The number of rotatable bonds is 15. The fourth-order valence-corrected chi connectivity index (χ4v) is 4.85. The monoisotopic (exact) mass is 636 g/mol. The normalized spacial score (nSPS) is 19.2. The molecule has 1 aromatic carbocycles. The molecule has 4 N–H and O–H groups in total. The maximum Gasteiger partial charge on any atom is 0.248 e. The summed E-state index contributed by atoms with van der Waals surface area (Å²) in [6.07, 6.45) is -0.0360. The van der Waals surface area contributed by atoms with E-state index in [1.54, 1.807) is 12.1 Å². The Balaban J connectivity index is 2.45. The molecule has 0 aromatic heterocycles. The van der Waals surface area contributed by atoms with Crippen molar-refractivity contribution < 1.29 is 43.9 Å². The van der Waals surface area contributed by atoms with Crippen LogP contribution in [0.4, 0.5) is 0 Å². The molecule has 1 aromatic rings. The number of ether oxygens (including phenoxy) is 4. The molecule has 0 saturated carbocycles. The SMILES string of the molecule is CCOCCCN(C(=O)COC)C1CC(C(=O)NCCO)=CC(Oc2c(I)cc(CO)cc2OC)C1O. The topological polar surface area (TPSA) is 147 Å². The average Bonchev–Trinajstić information content (AvgIpc) is 2.89. The Morgan fingerprint density at radius 2 is 2.00 bits per heavy atom. The number of benzene rings is 1. The van der Waals surface area contributed by atoms with Gasteiger partial charge in [0.1, 0.15) is 18.8 Å². The van der Waals surface area contributed by atoms with Gasteiger partial charge in [-0.3, -0.25) is 9.59 Å². The van der Waals surface area contributed by atoms with E-state index in [9.17, 15) is 19.8 Å². The van der Waals surface area contributed by atoms with E-state index in [0.717, 1.165) is 0 Å². The van der Waals surface area contributed by atoms with Crippen molar-refractivity contribution in [3.63, 3.8) is 0 Å². The molecule has 0 saturated heterocycles. The lowest BCUT2D eigenvalue weighted by molar-refractivity contribution is -0.142. The number of aliphatic hydroxyl groups excluding tert-OH is 3. The molecule has 0 aliphatic heterocycles. The molecule has 2 rings (SSSR count). The number of carbonyl (C=O) groups excluding carboxylic acids is 2. The molecular weight excluding hydrogens is 599 g/mol. The Kier molecular flexibility index (Phi) is 13.6. The minimum Gasteiger partial charge on any atom is -0.493 e. The summed E-state index contributed by atoms with van der Waals surface area (Å²) >= 11 is 2.04. The predicted molar refractivity (Wildman–Crippen MR) is 143 cm³/mol. The fourth-order valence-electron chi connectivity index (χ4n) is 4.06. The minimum atomic E-state index is -1.18. The van der Waals surface area contributed by atoms with E-state index in [2.05, 4.69) is 5.32 Å². The summed E-state index contributed by atoms with van der Waals surface area (Å²) in [7, 11) is 2.88. The van der Waals surface area contributed by atoms with Crippen LogP contribution in [0.5, 0.6) is 11.5 Å². The van der Waals surface area contributed by atoms with Gasteiger partial charge in [0.2, 0.25) is 11.8 Å². The van der Waals surface area contributed by atoms with E-state index in [1.807, 2.05) is 29.5 Å². The van der Waals surface area contributed by atoms with Gasteiger partial charge in [-0.1, -0.05) is 0 Å². The second-order valence-electron chi connectivity index (χ2n) is 8.35. The van der Waals surface area contributed by atoms with E-state index < -0.39 is 24.2 Å². The van der Waals surface area contributed by atoms with Gasteiger partial charge in [0, 0.05) is 45.4 Å². The highest BCUT2D eigenvalue weighted by molar-refractivity contribution is 14.1. The lowest BCUT2D eigenvalue weighted by Crippen LogP contribution is -2.56. The molecular formula is C25H37IN2O9. The quantitative estimate of drug-likeness (QED) is 0.161. The van der Waals surface area contributed by atoms with Gasteiger partial charge in [0.15, 0.2) is 11.5 Å². The third-order valence-electron chi connectivity index (χ3n) is 5.82. The van der Waals surface area contributed by atoms with Crippen molar-refractivity contribution in [1.82, 2.24) is 10.2 Å². The zero-order valence-corrected chi connectivity index (χ0v) is 23.6. The molecule has 1 aliphatic carbocycles. The van der Waals surface area contributed by atoms with Crippen LogP contribution in [0.15, 0.2) is 23.8 Å². The van der Waals surface area contributed by atoms with Crippen molar-refractivity contribution in [1.29, 1.82) is 0 Å². The molecule has 0 bridgehead atoms. The summed E-state index contributed by atoms with van der Waals surface area (Å²) in [5.74, 6) is -0.0694. The Morgan fingerprint density at radius 1 is 1.24 bits per heavy atom. The predicted octanol–water partition coefficient (Wildman–Crippen LogP) is 0.609.